The van der Waals surface area contributed by atoms with Crippen molar-refractivity contribution in [2.24, 2.45) is 5.92 Å². The Balaban J connectivity index is 2.13. The quantitative estimate of drug-likeness (QED) is 0.870. The second-order valence-corrected chi connectivity index (χ2v) is 4.34. The average Bonchev–Trinajstić information content (AvgIpc) is 2.32. The van der Waals surface area contributed by atoms with Crippen LogP contribution in [0.25, 0.3) is 0 Å². The van der Waals surface area contributed by atoms with Gasteiger partial charge in [-0.1, -0.05) is 17.7 Å². The standard InChI is InChI=1S/C14H16O3/c1-10-6-8-11(9-7-10)17-13-5-3-2-4-12(13)14(15)16/h5-9,12H,2-4H2,1H3,(H,15,16). The molecule has 1 atom stereocenters. The molecular weight excluding hydrogens is 216 g/mol. The van der Waals surface area contributed by atoms with Gasteiger partial charge < -0.3 is 9.84 Å². The zero-order valence-electron chi connectivity index (χ0n) is 9.85. The monoisotopic (exact) mass is 232 g/mol. The zero-order valence-corrected chi connectivity index (χ0v) is 9.85. The molecule has 1 unspecified atom stereocenters. The van der Waals surface area contributed by atoms with Crippen molar-refractivity contribution < 1.29 is 14.6 Å². The van der Waals surface area contributed by atoms with Gasteiger partial charge >= 0.3 is 5.97 Å². The number of carboxylic acid groups (broad SMARTS) is 1. The lowest BCUT2D eigenvalue weighted by molar-refractivity contribution is -0.141. The van der Waals surface area contributed by atoms with Crippen LogP contribution in [0.4, 0.5) is 0 Å². The Hall–Kier alpha value is -1.77. The number of aliphatic carboxylic acids is 1. The Morgan fingerprint density at radius 3 is 2.71 bits per heavy atom. The van der Waals surface area contributed by atoms with E-state index in [9.17, 15) is 4.79 Å². The Kier molecular flexibility index (Phi) is 3.47. The third-order valence-electron chi connectivity index (χ3n) is 2.94. The Labute approximate surface area is 101 Å². The summed E-state index contributed by atoms with van der Waals surface area (Å²) in [7, 11) is 0. The summed E-state index contributed by atoms with van der Waals surface area (Å²) in [6, 6.07) is 7.64. The summed E-state index contributed by atoms with van der Waals surface area (Å²) in [6.07, 6.45) is 4.36. The summed E-state index contributed by atoms with van der Waals surface area (Å²) in [5.41, 5.74) is 1.16. The maximum Gasteiger partial charge on any atom is 0.314 e. The summed E-state index contributed by atoms with van der Waals surface area (Å²) in [5.74, 6) is -0.0179. The first-order chi connectivity index (χ1) is 8.16. The van der Waals surface area contributed by atoms with Crippen LogP contribution in [0.3, 0.4) is 0 Å². The van der Waals surface area contributed by atoms with Crippen LogP contribution in [0, 0.1) is 12.8 Å². The van der Waals surface area contributed by atoms with Crippen LogP contribution < -0.4 is 4.74 Å². The summed E-state index contributed by atoms with van der Waals surface area (Å²) < 4.78 is 5.66. The van der Waals surface area contributed by atoms with E-state index in [1.54, 1.807) is 0 Å². The maximum atomic E-state index is 11.1. The molecule has 1 aromatic carbocycles. The van der Waals surface area contributed by atoms with Crippen molar-refractivity contribution in [3.63, 3.8) is 0 Å². The van der Waals surface area contributed by atoms with Crippen molar-refractivity contribution in [3.8, 4) is 5.75 Å². The van der Waals surface area contributed by atoms with Crippen LogP contribution in [-0.4, -0.2) is 11.1 Å². The first kappa shape index (κ1) is 11.7. The molecule has 0 radical (unpaired) electrons. The molecule has 0 heterocycles. The van der Waals surface area contributed by atoms with Crippen LogP contribution in [0.1, 0.15) is 24.8 Å². The van der Waals surface area contributed by atoms with E-state index < -0.39 is 11.9 Å². The molecule has 3 heteroatoms. The molecule has 0 saturated heterocycles. The summed E-state index contributed by atoms with van der Waals surface area (Å²) >= 11 is 0. The van der Waals surface area contributed by atoms with Crippen molar-refractivity contribution in [1.82, 2.24) is 0 Å². The molecular formula is C14H16O3. The largest absolute Gasteiger partial charge is 0.481 e. The number of allylic oxidation sites excluding steroid dienone is 1. The van der Waals surface area contributed by atoms with Gasteiger partial charge in [0.2, 0.25) is 0 Å². The summed E-state index contributed by atoms with van der Waals surface area (Å²) in [6.45, 7) is 2.00. The highest BCUT2D eigenvalue weighted by Gasteiger charge is 2.26. The van der Waals surface area contributed by atoms with Crippen molar-refractivity contribution in [2.75, 3.05) is 0 Å². The molecule has 0 bridgehead atoms. The Morgan fingerprint density at radius 2 is 2.06 bits per heavy atom. The van der Waals surface area contributed by atoms with Crippen LogP contribution >= 0.6 is 0 Å². The number of carboxylic acids is 1. The highest BCUT2D eigenvalue weighted by molar-refractivity contribution is 5.73. The Bertz CT molecular complexity index is 431. The van der Waals surface area contributed by atoms with Crippen molar-refractivity contribution in [3.05, 3.63) is 41.7 Å². The zero-order chi connectivity index (χ0) is 12.3. The predicted molar refractivity (Wildman–Crippen MR) is 64.9 cm³/mol. The van der Waals surface area contributed by atoms with E-state index in [2.05, 4.69) is 0 Å². The van der Waals surface area contributed by atoms with Gasteiger partial charge in [0.05, 0.1) is 0 Å². The predicted octanol–water partition coefficient (Wildman–Crippen LogP) is 3.14. The Morgan fingerprint density at radius 1 is 1.35 bits per heavy atom. The lowest BCUT2D eigenvalue weighted by Crippen LogP contribution is -2.22. The molecule has 0 spiro atoms. The topological polar surface area (TPSA) is 46.5 Å². The molecule has 17 heavy (non-hydrogen) atoms. The lowest BCUT2D eigenvalue weighted by Gasteiger charge is -2.20. The number of benzene rings is 1. The number of carbonyl (C=O) groups is 1. The minimum Gasteiger partial charge on any atom is -0.481 e. The average molecular weight is 232 g/mol. The highest BCUT2D eigenvalue weighted by atomic mass is 16.5. The van der Waals surface area contributed by atoms with E-state index in [0.29, 0.717) is 17.9 Å². The normalized spacial score (nSPS) is 19.6. The minimum atomic E-state index is -0.803. The van der Waals surface area contributed by atoms with Crippen molar-refractivity contribution >= 4 is 5.97 Å². The molecule has 0 aliphatic heterocycles. The molecule has 3 nitrogen and oxygen atoms in total. The fraction of sp³-hybridized carbons (Fsp3) is 0.357. The number of rotatable bonds is 3. The second-order valence-electron chi connectivity index (χ2n) is 4.34. The van der Waals surface area contributed by atoms with E-state index in [4.69, 9.17) is 9.84 Å². The maximum absolute atomic E-state index is 11.1. The molecule has 0 amide bonds. The lowest BCUT2D eigenvalue weighted by atomic mass is 9.94. The van der Waals surface area contributed by atoms with E-state index >= 15 is 0 Å². The van der Waals surface area contributed by atoms with Gasteiger partial charge in [-0.05, 0) is 44.4 Å². The molecule has 0 saturated carbocycles. The van der Waals surface area contributed by atoms with Gasteiger partial charge in [-0.15, -0.1) is 0 Å². The van der Waals surface area contributed by atoms with Gasteiger partial charge in [0.1, 0.15) is 17.4 Å². The molecule has 0 aromatic heterocycles. The molecule has 1 aromatic rings. The number of ether oxygens (including phenoxy) is 1. The highest BCUT2D eigenvalue weighted by Crippen LogP contribution is 2.27. The van der Waals surface area contributed by atoms with Gasteiger partial charge in [-0.25, -0.2) is 0 Å². The van der Waals surface area contributed by atoms with Crippen LogP contribution in [-0.2, 0) is 4.79 Å². The number of hydrogen-bond donors (Lipinski definition) is 1. The SMILES string of the molecule is Cc1ccc(OC2=CCCCC2C(=O)O)cc1. The number of aryl methyl sites for hydroxylation is 1. The molecule has 0 fully saturated rings. The van der Waals surface area contributed by atoms with E-state index in [0.717, 1.165) is 18.4 Å². The third kappa shape index (κ3) is 2.87. The van der Waals surface area contributed by atoms with Gasteiger partial charge in [-0.2, -0.15) is 0 Å². The minimum absolute atomic E-state index is 0.495. The smallest absolute Gasteiger partial charge is 0.314 e. The molecule has 90 valence electrons. The van der Waals surface area contributed by atoms with E-state index in [1.807, 2.05) is 37.3 Å². The van der Waals surface area contributed by atoms with Gasteiger partial charge in [0, 0.05) is 0 Å². The first-order valence-electron chi connectivity index (χ1n) is 5.84. The molecule has 1 aliphatic carbocycles. The van der Waals surface area contributed by atoms with Crippen molar-refractivity contribution in [1.29, 1.82) is 0 Å². The van der Waals surface area contributed by atoms with Crippen molar-refractivity contribution in [2.45, 2.75) is 26.2 Å². The fourth-order valence-corrected chi connectivity index (χ4v) is 1.95. The van der Waals surface area contributed by atoms with E-state index in [-0.39, 0.29) is 0 Å². The molecule has 1 aliphatic rings. The van der Waals surface area contributed by atoms with Crippen LogP contribution in [0.2, 0.25) is 0 Å². The molecule has 1 N–H and O–H groups in total. The van der Waals surface area contributed by atoms with Gasteiger partial charge in [0.15, 0.2) is 0 Å². The fourth-order valence-electron chi connectivity index (χ4n) is 1.95. The summed E-state index contributed by atoms with van der Waals surface area (Å²) in [5, 5.41) is 9.11. The molecule has 2 rings (SSSR count). The number of hydrogen-bond acceptors (Lipinski definition) is 2. The van der Waals surface area contributed by atoms with Gasteiger partial charge in [0.25, 0.3) is 0 Å². The van der Waals surface area contributed by atoms with Gasteiger partial charge in [-0.3, -0.25) is 4.79 Å². The first-order valence-corrected chi connectivity index (χ1v) is 5.84. The third-order valence-corrected chi connectivity index (χ3v) is 2.94. The van der Waals surface area contributed by atoms with Crippen LogP contribution in [0.15, 0.2) is 36.1 Å². The van der Waals surface area contributed by atoms with E-state index in [1.165, 1.54) is 0 Å². The van der Waals surface area contributed by atoms with Crippen LogP contribution in [0.5, 0.6) is 5.75 Å². The second kappa shape index (κ2) is 5.04. The summed E-state index contributed by atoms with van der Waals surface area (Å²) in [4.78, 5) is 11.1.